The van der Waals surface area contributed by atoms with Crippen LogP contribution in [0.25, 0.3) is 5.82 Å². The van der Waals surface area contributed by atoms with E-state index in [4.69, 9.17) is 14.7 Å². The van der Waals surface area contributed by atoms with Crippen LogP contribution in [0.4, 0.5) is 0 Å². The first-order chi connectivity index (χ1) is 16.5. The lowest BCUT2D eigenvalue weighted by molar-refractivity contribution is 0.0532. The van der Waals surface area contributed by atoms with Crippen LogP contribution in [0.3, 0.4) is 0 Å². The van der Waals surface area contributed by atoms with E-state index >= 15 is 0 Å². The molecule has 0 saturated carbocycles. The van der Waals surface area contributed by atoms with Gasteiger partial charge in [-0.2, -0.15) is 10.4 Å². The van der Waals surface area contributed by atoms with Gasteiger partial charge in [-0.05, 0) is 30.5 Å². The van der Waals surface area contributed by atoms with Crippen LogP contribution >= 0.6 is 0 Å². The number of aliphatic hydroxyl groups excluding tert-OH is 1. The van der Waals surface area contributed by atoms with Crippen molar-refractivity contribution >= 4 is 5.97 Å². The van der Waals surface area contributed by atoms with Crippen molar-refractivity contribution in [3.05, 3.63) is 70.2 Å². The van der Waals surface area contributed by atoms with Crippen molar-refractivity contribution in [3.63, 3.8) is 0 Å². The third-order valence-electron chi connectivity index (χ3n) is 6.74. The molecule has 9 heteroatoms. The second-order valence-corrected chi connectivity index (χ2v) is 8.73. The second kappa shape index (κ2) is 8.89. The van der Waals surface area contributed by atoms with Crippen LogP contribution in [0.5, 0.6) is 5.75 Å². The molecule has 0 aliphatic carbocycles. The maximum atomic E-state index is 11.9. The predicted octanol–water partition coefficient (Wildman–Crippen LogP) is 2.48. The minimum absolute atomic E-state index is 0.0470. The average Bonchev–Trinajstić information content (AvgIpc) is 3.47. The van der Waals surface area contributed by atoms with Crippen molar-refractivity contribution in [2.45, 2.75) is 38.5 Å². The first-order valence-corrected chi connectivity index (χ1v) is 11.2. The predicted molar refractivity (Wildman–Crippen MR) is 122 cm³/mol. The third kappa shape index (κ3) is 3.91. The van der Waals surface area contributed by atoms with Gasteiger partial charge >= 0.3 is 5.97 Å². The van der Waals surface area contributed by atoms with E-state index in [0.717, 1.165) is 28.8 Å². The molecule has 2 aromatic heterocycles. The Hall–Kier alpha value is -3.74. The molecule has 9 nitrogen and oxygen atoms in total. The number of benzene rings is 1. The van der Waals surface area contributed by atoms with Gasteiger partial charge in [-0.15, -0.1) is 0 Å². The van der Waals surface area contributed by atoms with Gasteiger partial charge in [0.1, 0.15) is 24.0 Å². The average molecular weight is 460 g/mol. The van der Waals surface area contributed by atoms with Crippen LogP contribution < -0.4 is 4.74 Å². The van der Waals surface area contributed by atoms with Crippen LogP contribution in [0.15, 0.2) is 36.8 Å². The van der Waals surface area contributed by atoms with Crippen molar-refractivity contribution in [2.24, 2.45) is 0 Å². The van der Waals surface area contributed by atoms with Crippen molar-refractivity contribution in [3.8, 4) is 17.6 Å². The first kappa shape index (κ1) is 22.1. The lowest BCUT2D eigenvalue weighted by Gasteiger charge is -2.37. The fourth-order valence-electron chi connectivity index (χ4n) is 4.86. The molecule has 34 heavy (non-hydrogen) atoms. The highest BCUT2D eigenvalue weighted by Gasteiger charge is 2.33. The fraction of sp³-hybridized carbons (Fsp3) is 0.360. The van der Waals surface area contributed by atoms with E-state index in [1.165, 1.54) is 13.3 Å². The summed E-state index contributed by atoms with van der Waals surface area (Å²) in [7, 11) is 1.52. The molecule has 174 valence electrons. The lowest BCUT2D eigenvalue weighted by atomic mass is 9.83. The van der Waals surface area contributed by atoms with Crippen LogP contribution in [0.2, 0.25) is 0 Å². The topological polar surface area (TPSA) is 114 Å². The molecule has 0 amide bonds. The molecule has 0 spiro atoms. The summed E-state index contributed by atoms with van der Waals surface area (Å²) in [6.45, 7) is 4.46. The Kier molecular flexibility index (Phi) is 5.77. The zero-order valence-electron chi connectivity index (χ0n) is 19.1. The molecule has 0 unspecified atom stereocenters. The largest absolute Gasteiger partial charge is 0.495 e. The summed E-state index contributed by atoms with van der Waals surface area (Å²) in [5, 5.41) is 24.4. The molecule has 3 aromatic rings. The molecule has 2 aliphatic heterocycles. The van der Waals surface area contributed by atoms with Crippen molar-refractivity contribution < 1.29 is 19.4 Å². The number of pyridine rings is 1. The van der Waals surface area contributed by atoms with E-state index in [2.05, 4.69) is 21.1 Å². The number of fused-ring (bicyclic) bond motifs is 1. The number of rotatable bonds is 5. The number of carbonyl (C=O) groups is 1. The maximum Gasteiger partial charge on any atom is 0.338 e. The third-order valence-corrected chi connectivity index (χ3v) is 6.74. The van der Waals surface area contributed by atoms with Gasteiger partial charge in [-0.25, -0.2) is 14.5 Å². The number of aliphatic hydroxyl groups is 1. The summed E-state index contributed by atoms with van der Waals surface area (Å²) >= 11 is 0. The summed E-state index contributed by atoms with van der Waals surface area (Å²) in [5.74, 6) is 0.699. The molecule has 1 saturated heterocycles. The highest BCUT2D eigenvalue weighted by Crippen LogP contribution is 2.34. The second-order valence-electron chi connectivity index (χ2n) is 8.73. The fourth-order valence-corrected chi connectivity index (χ4v) is 4.86. The van der Waals surface area contributed by atoms with E-state index in [1.54, 1.807) is 16.9 Å². The molecule has 4 heterocycles. The number of nitriles is 1. The number of hydrogen-bond acceptors (Lipinski definition) is 8. The number of carbonyl (C=O) groups excluding carboxylic acids is 1. The zero-order valence-corrected chi connectivity index (χ0v) is 19.1. The highest BCUT2D eigenvalue weighted by molar-refractivity contribution is 5.94. The molecule has 5 rings (SSSR count). The number of ether oxygens (including phenoxy) is 2. The Bertz CT molecular complexity index is 1290. The van der Waals surface area contributed by atoms with Crippen LogP contribution in [-0.2, 0) is 17.9 Å². The summed E-state index contributed by atoms with van der Waals surface area (Å²) in [6, 6.07) is 7.53. The Morgan fingerprint density at radius 2 is 2.21 bits per heavy atom. The van der Waals surface area contributed by atoms with E-state index in [0.29, 0.717) is 48.8 Å². The maximum absolute atomic E-state index is 11.9. The first-order valence-electron chi connectivity index (χ1n) is 11.2. The summed E-state index contributed by atoms with van der Waals surface area (Å²) in [6.07, 6.45) is 5.42. The molecular weight excluding hydrogens is 434 g/mol. The van der Waals surface area contributed by atoms with Gasteiger partial charge in [0, 0.05) is 48.9 Å². The van der Waals surface area contributed by atoms with Crippen molar-refractivity contribution in [1.82, 2.24) is 19.7 Å². The molecule has 1 aromatic carbocycles. The molecule has 2 aliphatic rings. The molecule has 2 atom stereocenters. The van der Waals surface area contributed by atoms with Crippen molar-refractivity contribution in [2.75, 3.05) is 20.2 Å². The summed E-state index contributed by atoms with van der Waals surface area (Å²) in [4.78, 5) is 18.5. The number of likely N-dealkylation sites (tertiary alicyclic amines) is 1. The zero-order chi connectivity index (χ0) is 23.8. The smallest absolute Gasteiger partial charge is 0.338 e. The summed E-state index contributed by atoms with van der Waals surface area (Å²) < 4.78 is 12.1. The van der Waals surface area contributed by atoms with Gasteiger partial charge in [0.2, 0.25) is 0 Å². The number of nitrogens with zero attached hydrogens (tertiary/aromatic N) is 5. The van der Waals surface area contributed by atoms with Gasteiger partial charge in [0.15, 0.2) is 5.82 Å². The van der Waals surface area contributed by atoms with Gasteiger partial charge in [0.25, 0.3) is 0 Å². The van der Waals surface area contributed by atoms with E-state index in [9.17, 15) is 9.90 Å². The number of aromatic nitrogens is 3. The van der Waals surface area contributed by atoms with E-state index < -0.39 is 6.10 Å². The SMILES string of the molecule is COc1cc(-n2cc(CN3CC[C@@H](O)[C@H](c4ccc5c(c4C)COC5=O)C3)cn2)ncc1C#N. The Balaban J connectivity index is 1.33. The van der Waals surface area contributed by atoms with Crippen LogP contribution in [0, 0.1) is 18.3 Å². The highest BCUT2D eigenvalue weighted by atomic mass is 16.5. The monoisotopic (exact) mass is 459 g/mol. The minimum Gasteiger partial charge on any atom is -0.495 e. The number of methoxy groups -OCH3 is 1. The molecule has 1 fully saturated rings. The normalized spacial score (nSPS) is 20.0. The Morgan fingerprint density at radius 3 is 3.00 bits per heavy atom. The Labute approximate surface area is 197 Å². The number of esters is 1. The molecular formula is C25H25N5O4. The number of piperidine rings is 1. The van der Waals surface area contributed by atoms with Gasteiger partial charge in [-0.3, -0.25) is 4.90 Å². The number of hydrogen-bond donors (Lipinski definition) is 1. The van der Waals surface area contributed by atoms with E-state index in [1.807, 2.05) is 25.3 Å². The van der Waals surface area contributed by atoms with Gasteiger partial charge in [-0.1, -0.05) is 6.07 Å². The van der Waals surface area contributed by atoms with Crippen LogP contribution in [0.1, 0.15) is 50.5 Å². The van der Waals surface area contributed by atoms with Crippen LogP contribution in [-0.4, -0.2) is 57.0 Å². The Morgan fingerprint density at radius 1 is 1.35 bits per heavy atom. The quantitative estimate of drug-likeness (QED) is 0.579. The lowest BCUT2D eigenvalue weighted by Crippen LogP contribution is -2.41. The standard InChI is InChI=1S/C25H25N5O4/c1-15-18(3-4-19-21(15)14-34-25(19)32)20-13-29(6-5-22(20)31)11-16-9-28-30(12-16)24-7-23(33-2)17(8-26)10-27-24/h3-4,7,9-10,12,20,22,31H,5-6,11,13-14H2,1-2H3/t20-,22+/m0/s1. The summed E-state index contributed by atoms with van der Waals surface area (Å²) in [5.41, 5.74) is 5.04. The van der Waals surface area contributed by atoms with Gasteiger partial charge in [0.05, 0.1) is 31.2 Å². The molecule has 0 bridgehead atoms. The van der Waals surface area contributed by atoms with Gasteiger partial charge < -0.3 is 14.6 Å². The van der Waals surface area contributed by atoms with Crippen molar-refractivity contribution in [1.29, 1.82) is 5.26 Å². The number of cyclic esters (lactones) is 1. The van der Waals surface area contributed by atoms with E-state index in [-0.39, 0.29) is 11.9 Å². The molecule has 0 radical (unpaired) electrons. The minimum atomic E-state index is -0.441. The molecule has 1 N–H and O–H groups in total.